The average molecular weight is 675 g/mol. The summed E-state index contributed by atoms with van der Waals surface area (Å²) in [6.07, 6.45) is 2.45. The van der Waals surface area contributed by atoms with E-state index >= 15 is 0 Å². The minimum atomic E-state index is -1.35. The third-order valence-electron chi connectivity index (χ3n) is 8.56. The molecule has 5 rings (SSSR count). The third-order valence-corrected chi connectivity index (χ3v) is 8.56. The number of anilines is 2. The Bertz CT molecular complexity index is 1680. The molecule has 11 nitrogen and oxygen atoms in total. The molecule has 3 aromatic rings. The van der Waals surface area contributed by atoms with Crippen molar-refractivity contribution in [3.63, 3.8) is 0 Å². The molecule has 5 amide bonds. The van der Waals surface area contributed by atoms with Crippen molar-refractivity contribution in [3.8, 4) is 0 Å². The number of amides is 5. The quantitative estimate of drug-likeness (QED) is 0.230. The fourth-order valence-corrected chi connectivity index (χ4v) is 6.04. The van der Waals surface area contributed by atoms with E-state index in [2.05, 4.69) is 21.3 Å². The number of ether oxygens (including phenoxy) is 1. The first-order chi connectivity index (χ1) is 23.6. The third kappa shape index (κ3) is 8.85. The van der Waals surface area contributed by atoms with Crippen LogP contribution in [-0.4, -0.2) is 60.2 Å². The highest BCUT2D eigenvalue weighted by Crippen LogP contribution is 2.38. The van der Waals surface area contributed by atoms with Gasteiger partial charge in [0.2, 0.25) is 23.6 Å². The molecule has 4 N–H and O–H groups in total. The molecule has 1 radical (unpaired) electrons. The molecule has 3 aromatic carbocycles. The van der Waals surface area contributed by atoms with Gasteiger partial charge in [-0.25, -0.2) is 8.78 Å². The Morgan fingerprint density at radius 2 is 1.63 bits per heavy atom. The molecular formula is C36H38F2N5O6. The van der Waals surface area contributed by atoms with E-state index in [1.165, 1.54) is 17.4 Å². The van der Waals surface area contributed by atoms with Crippen LogP contribution in [0.3, 0.4) is 0 Å². The summed E-state index contributed by atoms with van der Waals surface area (Å²) in [6, 6.07) is 14.8. The van der Waals surface area contributed by atoms with E-state index in [-0.39, 0.29) is 37.8 Å². The van der Waals surface area contributed by atoms with Gasteiger partial charge < -0.3 is 30.9 Å². The second-order valence-corrected chi connectivity index (χ2v) is 11.9. The van der Waals surface area contributed by atoms with Crippen molar-refractivity contribution >= 4 is 40.9 Å². The van der Waals surface area contributed by atoms with Gasteiger partial charge in [-0.05, 0) is 59.7 Å². The number of nitrogens with zero attached hydrogens (tertiary/aromatic N) is 1. The molecule has 0 bridgehead atoms. The number of hydrogen-bond donors (Lipinski definition) is 4. The van der Waals surface area contributed by atoms with Crippen LogP contribution in [0.5, 0.6) is 0 Å². The van der Waals surface area contributed by atoms with Crippen LogP contribution >= 0.6 is 0 Å². The SMILES string of the molecule is C[CH]C(=O)N[C@H](C(=O)N1Cc2ccc(NC(=O)CCNC(=O)Cc3ccccc3)cc2[C@H]1C(=O)Nc1c(F)cccc1F)C1CCOCC1. The Morgan fingerprint density at radius 3 is 2.33 bits per heavy atom. The van der Waals surface area contributed by atoms with E-state index in [4.69, 9.17) is 4.74 Å². The fourth-order valence-electron chi connectivity index (χ4n) is 6.04. The second-order valence-electron chi connectivity index (χ2n) is 11.9. The van der Waals surface area contributed by atoms with E-state index in [0.29, 0.717) is 42.9 Å². The van der Waals surface area contributed by atoms with E-state index in [9.17, 15) is 32.8 Å². The summed E-state index contributed by atoms with van der Waals surface area (Å²) >= 11 is 0. The molecule has 13 heteroatoms. The van der Waals surface area contributed by atoms with Crippen molar-refractivity contribution < 1.29 is 37.5 Å². The predicted molar refractivity (Wildman–Crippen MR) is 177 cm³/mol. The zero-order valence-electron chi connectivity index (χ0n) is 27.0. The van der Waals surface area contributed by atoms with Crippen molar-refractivity contribution in [1.82, 2.24) is 15.5 Å². The summed E-state index contributed by atoms with van der Waals surface area (Å²) in [5, 5.41) is 10.5. The maximum Gasteiger partial charge on any atom is 0.252 e. The highest BCUT2D eigenvalue weighted by Gasteiger charge is 2.44. The molecule has 49 heavy (non-hydrogen) atoms. The van der Waals surface area contributed by atoms with Gasteiger partial charge in [-0.1, -0.05) is 49.4 Å². The van der Waals surface area contributed by atoms with Gasteiger partial charge in [-0.15, -0.1) is 0 Å². The smallest absolute Gasteiger partial charge is 0.252 e. The lowest BCUT2D eigenvalue weighted by molar-refractivity contribution is -0.143. The van der Waals surface area contributed by atoms with Crippen molar-refractivity contribution in [2.24, 2.45) is 5.92 Å². The summed E-state index contributed by atoms with van der Waals surface area (Å²) < 4.78 is 34.7. The van der Waals surface area contributed by atoms with Gasteiger partial charge in [-0.2, -0.15) is 0 Å². The Balaban J connectivity index is 1.35. The molecule has 2 aliphatic heterocycles. The Morgan fingerprint density at radius 1 is 0.918 bits per heavy atom. The molecular weight excluding hydrogens is 636 g/mol. The summed E-state index contributed by atoms with van der Waals surface area (Å²) in [5.41, 5.74) is 1.42. The van der Waals surface area contributed by atoms with Crippen LogP contribution in [0.4, 0.5) is 20.2 Å². The van der Waals surface area contributed by atoms with Crippen LogP contribution < -0.4 is 21.3 Å². The molecule has 1 saturated heterocycles. The molecule has 2 aliphatic rings. The van der Waals surface area contributed by atoms with Crippen LogP contribution in [0.1, 0.15) is 48.9 Å². The highest BCUT2D eigenvalue weighted by atomic mass is 19.1. The Kier molecular flexibility index (Phi) is 11.7. The lowest BCUT2D eigenvalue weighted by Gasteiger charge is -2.34. The molecule has 257 valence electrons. The van der Waals surface area contributed by atoms with Gasteiger partial charge in [0.1, 0.15) is 29.4 Å². The van der Waals surface area contributed by atoms with Gasteiger partial charge in [-0.3, -0.25) is 24.0 Å². The lowest BCUT2D eigenvalue weighted by atomic mass is 9.90. The van der Waals surface area contributed by atoms with Crippen LogP contribution in [0, 0.1) is 24.0 Å². The van der Waals surface area contributed by atoms with E-state index in [1.54, 1.807) is 19.1 Å². The second kappa shape index (κ2) is 16.3. The van der Waals surface area contributed by atoms with Gasteiger partial charge in [0, 0.05) is 44.8 Å². The maximum atomic E-state index is 14.6. The molecule has 2 heterocycles. The molecule has 0 spiro atoms. The molecule has 0 saturated carbocycles. The average Bonchev–Trinajstić information content (AvgIpc) is 3.48. The number of nitrogens with one attached hydrogen (secondary N) is 4. The minimum Gasteiger partial charge on any atom is -0.381 e. The normalized spacial score (nSPS) is 16.3. The zero-order valence-corrected chi connectivity index (χ0v) is 27.0. The minimum absolute atomic E-state index is 0.0281. The monoisotopic (exact) mass is 674 g/mol. The topological polar surface area (TPSA) is 146 Å². The number of hydrogen-bond acceptors (Lipinski definition) is 6. The van der Waals surface area contributed by atoms with Gasteiger partial charge in [0.05, 0.1) is 6.42 Å². The number of carbonyl (C=O) groups excluding carboxylic acids is 5. The van der Waals surface area contributed by atoms with Crippen molar-refractivity contribution in [2.45, 2.75) is 51.2 Å². The highest BCUT2D eigenvalue weighted by molar-refractivity contribution is 6.01. The summed E-state index contributed by atoms with van der Waals surface area (Å²) in [5.74, 6) is -4.77. The number of fused-ring (bicyclic) bond motifs is 1. The summed E-state index contributed by atoms with van der Waals surface area (Å²) in [6.45, 7) is 2.41. The Labute approximate surface area is 282 Å². The first kappa shape index (κ1) is 35.1. The first-order valence-electron chi connectivity index (χ1n) is 16.1. The van der Waals surface area contributed by atoms with Crippen LogP contribution in [-0.2, 0) is 41.7 Å². The van der Waals surface area contributed by atoms with Crippen molar-refractivity contribution in [2.75, 3.05) is 30.4 Å². The van der Waals surface area contributed by atoms with Crippen LogP contribution in [0.15, 0.2) is 66.7 Å². The van der Waals surface area contributed by atoms with Crippen molar-refractivity contribution in [3.05, 3.63) is 101 Å². The number of para-hydroxylation sites is 1. The van der Waals surface area contributed by atoms with Gasteiger partial charge in [0.15, 0.2) is 0 Å². The molecule has 0 unspecified atom stereocenters. The Hall–Kier alpha value is -5.17. The van der Waals surface area contributed by atoms with Crippen LogP contribution in [0.25, 0.3) is 0 Å². The predicted octanol–water partition coefficient (Wildman–Crippen LogP) is 3.81. The molecule has 0 aromatic heterocycles. The van der Waals surface area contributed by atoms with Gasteiger partial charge in [0.25, 0.3) is 5.91 Å². The zero-order chi connectivity index (χ0) is 34.9. The molecule has 0 aliphatic carbocycles. The van der Waals surface area contributed by atoms with E-state index in [0.717, 1.165) is 23.8 Å². The van der Waals surface area contributed by atoms with Crippen molar-refractivity contribution in [1.29, 1.82) is 0 Å². The largest absolute Gasteiger partial charge is 0.381 e. The fraction of sp³-hybridized carbons (Fsp3) is 0.333. The van der Waals surface area contributed by atoms with E-state index in [1.807, 2.05) is 30.3 Å². The standard InChI is InChI=1S/C36H38F2N5O6/c1-2-29(44)41-32(23-14-17-49-18-15-23)36(48)43-21-24-11-12-25(40-30(45)13-16-39-31(46)19-22-7-4-3-5-8-22)20-26(24)34(43)35(47)42-33-27(37)9-6-10-28(33)38/h2-12,20,23,32,34H,13-19,21H2,1H3,(H,39,46)(H,40,45)(H,41,44)(H,42,47)/t32-,34-/m0/s1. The van der Waals surface area contributed by atoms with Gasteiger partial charge >= 0.3 is 0 Å². The number of halogens is 2. The van der Waals surface area contributed by atoms with Crippen LogP contribution in [0.2, 0.25) is 0 Å². The number of rotatable bonds is 12. The summed E-state index contributed by atoms with van der Waals surface area (Å²) in [4.78, 5) is 66.9. The number of benzene rings is 3. The number of carbonyl (C=O) groups is 5. The summed E-state index contributed by atoms with van der Waals surface area (Å²) in [7, 11) is 0. The van der Waals surface area contributed by atoms with E-state index < -0.39 is 53.0 Å². The first-order valence-corrected chi connectivity index (χ1v) is 16.1. The lowest BCUT2D eigenvalue weighted by Crippen LogP contribution is -2.53. The molecule has 1 fully saturated rings. The maximum absolute atomic E-state index is 14.6. The molecule has 2 atom stereocenters.